The van der Waals surface area contributed by atoms with Crippen molar-refractivity contribution in [1.29, 1.82) is 0 Å². The van der Waals surface area contributed by atoms with Crippen LogP contribution in [0.25, 0.3) is 5.69 Å². The zero-order valence-corrected chi connectivity index (χ0v) is 35.0. The second-order valence-corrected chi connectivity index (χ2v) is 15.2. The first-order valence-corrected chi connectivity index (χ1v) is 19.8. The molecule has 2 saturated heterocycles. The van der Waals surface area contributed by atoms with Gasteiger partial charge in [0.25, 0.3) is 6.33 Å². The van der Waals surface area contributed by atoms with Crippen LogP contribution in [-0.2, 0) is 38.0 Å². The highest BCUT2D eigenvalue weighted by molar-refractivity contribution is 6.35. The minimum atomic E-state index is -1.29. The molecule has 2 aliphatic heterocycles. The van der Waals surface area contributed by atoms with Gasteiger partial charge in [-0.25, -0.2) is 23.4 Å². The summed E-state index contributed by atoms with van der Waals surface area (Å²) in [5.41, 5.74) is 3.50. The van der Waals surface area contributed by atoms with Crippen molar-refractivity contribution in [2.45, 2.75) is 71.4 Å². The summed E-state index contributed by atoms with van der Waals surface area (Å²) in [6.07, 6.45) is 4.14. The van der Waals surface area contributed by atoms with E-state index in [4.69, 9.17) is 46.9 Å². The molecule has 0 aliphatic carbocycles. The van der Waals surface area contributed by atoms with E-state index >= 15 is 0 Å². The molecule has 0 saturated carbocycles. The fourth-order valence-electron chi connectivity index (χ4n) is 6.79. The molecule has 15 nitrogen and oxygen atoms in total. The van der Waals surface area contributed by atoms with Crippen LogP contribution in [0, 0.1) is 0 Å². The summed E-state index contributed by atoms with van der Waals surface area (Å²) in [6, 6.07) is 21.3. The minimum Gasteiger partial charge on any atom is -1.00 e. The molecule has 3 unspecified atom stereocenters. The molecule has 18 heteroatoms. The first-order chi connectivity index (χ1) is 27.5. The molecule has 310 valence electrons. The Labute approximate surface area is 352 Å². The maximum absolute atomic E-state index is 12.8. The predicted molar refractivity (Wildman–Crippen MR) is 213 cm³/mol. The van der Waals surface area contributed by atoms with Gasteiger partial charge in [-0.15, -0.1) is 4.68 Å². The van der Waals surface area contributed by atoms with E-state index in [9.17, 15) is 9.59 Å². The third-order valence-electron chi connectivity index (χ3n) is 9.98. The number of benzene rings is 3. The number of halogens is 3. The molecule has 2 fully saturated rings. The third-order valence-corrected chi connectivity index (χ3v) is 10.5. The molecule has 0 N–H and O–H groups in total. The Hall–Kier alpha value is -4.80. The van der Waals surface area contributed by atoms with Gasteiger partial charge in [0.1, 0.15) is 24.8 Å². The Kier molecular flexibility index (Phi) is 13.9. The van der Waals surface area contributed by atoms with E-state index in [0.29, 0.717) is 21.4 Å². The summed E-state index contributed by atoms with van der Waals surface area (Å²) in [7, 11) is 0. The predicted octanol–water partition coefficient (Wildman–Crippen LogP) is 2.99. The maximum Gasteiger partial charge on any atom is 0.511 e. The van der Waals surface area contributed by atoms with Crippen molar-refractivity contribution in [1.82, 2.24) is 24.1 Å². The SMILES string of the molecule is CCC(C)n1ncn(-c2ccc(N3CCN(c4ccc(OCC5COC(Cn6c[n+](COC(=O)OC(C)C)cn6)(c6ccc(Cl)cc6Cl)O5)cc4)CC3)cc2)c1=O.[Cl-]. The molecule has 3 aromatic carbocycles. The molecule has 0 radical (unpaired) electrons. The molecule has 3 atom stereocenters. The summed E-state index contributed by atoms with van der Waals surface area (Å²) in [4.78, 5) is 29.4. The van der Waals surface area contributed by atoms with Crippen LogP contribution >= 0.6 is 23.2 Å². The number of piperazine rings is 1. The lowest BCUT2D eigenvalue weighted by Crippen LogP contribution is -3.00. The third kappa shape index (κ3) is 9.89. The molecule has 58 heavy (non-hydrogen) atoms. The molecule has 7 rings (SSSR count). The second-order valence-electron chi connectivity index (χ2n) is 14.4. The summed E-state index contributed by atoms with van der Waals surface area (Å²) in [6.45, 7) is 11.5. The van der Waals surface area contributed by atoms with Crippen molar-refractivity contribution >= 4 is 40.7 Å². The van der Waals surface area contributed by atoms with E-state index in [-0.39, 0.29) is 56.7 Å². The monoisotopic (exact) mass is 856 g/mol. The minimum absolute atomic E-state index is 0. The zero-order chi connectivity index (χ0) is 40.1. The average molecular weight is 858 g/mol. The highest BCUT2D eigenvalue weighted by atomic mass is 35.5. The number of nitrogens with zero attached hydrogens (tertiary/aromatic N) is 8. The van der Waals surface area contributed by atoms with Crippen LogP contribution in [0.2, 0.25) is 10.0 Å². The Morgan fingerprint density at radius 3 is 2.24 bits per heavy atom. The van der Waals surface area contributed by atoms with Crippen LogP contribution in [-0.4, -0.2) is 81.9 Å². The van der Waals surface area contributed by atoms with E-state index in [1.54, 1.807) is 58.5 Å². The normalized spacial score (nSPS) is 18.6. The van der Waals surface area contributed by atoms with E-state index in [1.807, 2.05) is 38.1 Å². The first-order valence-electron chi connectivity index (χ1n) is 19.0. The van der Waals surface area contributed by atoms with Crippen molar-refractivity contribution in [3.8, 4) is 11.4 Å². The van der Waals surface area contributed by atoms with Crippen LogP contribution in [0.15, 0.2) is 90.5 Å². The summed E-state index contributed by atoms with van der Waals surface area (Å²) >= 11 is 12.9. The van der Waals surface area contributed by atoms with Crippen molar-refractivity contribution < 1.29 is 45.5 Å². The Morgan fingerprint density at radius 2 is 1.60 bits per heavy atom. The van der Waals surface area contributed by atoms with Crippen LogP contribution < -0.4 is 37.2 Å². The van der Waals surface area contributed by atoms with Gasteiger partial charge in [-0.1, -0.05) is 36.2 Å². The number of hydrogen-bond acceptors (Lipinski definition) is 11. The van der Waals surface area contributed by atoms with Gasteiger partial charge >= 0.3 is 11.8 Å². The summed E-state index contributed by atoms with van der Waals surface area (Å²) in [5.74, 6) is -0.581. The zero-order valence-electron chi connectivity index (χ0n) is 32.7. The van der Waals surface area contributed by atoms with Gasteiger partial charge in [0, 0.05) is 53.2 Å². The van der Waals surface area contributed by atoms with Gasteiger partial charge in [-0.3, -0.25) is 0 Å². The highest BCUT2D eigenvalue weighted by Crippen LogP contribution is 2.40. The number of ether oxygens (including phenoxy) is 5. The number of rotatable bonds is 14. The van der Waals surface area contributed by atoms with Crippen molar-refractivity contribution in [2.75, 3.05) is 49.2 Å². The van der Waals surface area contributed by atoms with Crippen LogP contribution in [0.1, 0.15) is 45.7 Å². The van der Waals surface area contributed by atoms with Gasteiger partial charge in [0.2, 0.25) is 18.8 Å². The standard InChI is InChI=1S/C40H47Cl2N8O7.ClH/c1-5-29(4)50-38(51)49(25-44-50)33-9-7-31(8-10-33)46-16-18-47(19-17-46)32-11-13-34(14-12-32)53-21-35-22-55-40(57-35,36-15-6-30(41)20-37(36)42)23-48-26-45(24-43-48)27-54-39(52)56-28(2)3;/h6-15,20,24-26,28-29,35H,5,16-19,21-23,27H2,1-4H3;1H/q+1;/p-1. The number of aromatic nitrogens is 6. The first kappa shape index (κ1) is 42.8. The fraction of sp³-hybridized carbons (Fsp3) is 0.425. The van der Waals surface area contributed by atoms with Gasteiger partial charge < -0.3 is 45.9 Å². The molecule has 0 spiro atoms. The average Bonchev–Trinajstić information content (AvgIpc) is 3.95. The topological polar surface area (TPSA) is 131 Å². The number of carbonyl (C=O) groups excluding carboxylic acids is 1. The van der Waals surface area contributed by atoms with Gasteiger partial charge in [-0.2, -0.15) is 5.10 Å². The van der Waals surface area contributed by atoms with E-state index in [2.05, 4.69) is 44.3 Å². The molecule has 2 aromatic heterocycles. The lowest BCUT2D eigenvalue weighted by Gasteiger charge is -2.37. The van der Waals surface area contributed by atoms with Crippen molar-refractivity contribution in [3.05, 3.63) is 112 Å². The number of hydrogen-bond donors (Lipinski definition) is 0. The Balaban J connectivity index is 0.00000567. The van der Waals surface area contributed by atoms with Crippen LogP contribution in [0.5, 0.6) is 5.75 Å². The van der Waals surface area contributed by atoms with E-state index < -0.39 is 18.0 Å². The maximum atomic E-state index is 12.8. The number of anilines is 2. The number of carbonyl (C=O) groups is 1. The van der Waals surface area contributed by atoms with Gasteiger partial charge in [0.05, 0.1) is 29.5 Å². The molecular formula is C40H47Cl3N8O7. The molecule has 2 aliphatic rings. The summed E-state index contributed by atoms with van der Waals surface area (Å²) < 4.78 is 35.6. The van der Waals surface area contributed by atoms with Crippen molar-refractivity contribution in [3.63, 3.8) is 0 Å². The lowest BCUT2D eigenvalue weighted by atomic mass is 10.1. The van der Waals surface area contributed by atoms with E-state index in [1.165, 1.54) is 11.0 Å². The molecular weight excluding hydrogens is 811 g/mol. The quantitative estimate of drug-likeness (QED) is 0.121. The molecule has 0 bridgehead atoms. The van der Waals surface area contributed by atoms with Crippen molar-refractivity contribution in [2.24, 2.45) is 0 Å². The lowest BCUT2D eigenvalue weighted by molar-refractivity contribution is -0.728. The smallest absolute Gasteiger partial charge is 0.511 e. The van der Waals surface area contributed by atoms with Crippen LogP contribution in [0.4, 0.5) is 16.2 Å². The highest BCUT2D eigenvalue weighted by Gasteiger charge is 2.47. The Morgan fingerprint density at radius 1 is 0.948 bits per heavy atom. The van der Waals surface area contributed by atoms with E-state index in [0.717, 1.165) is 49.7 Å². The second kappa shape index (κ2) is 18.9. The Bertz CT molecular complexity index is 2190. The van der Waals surface area contributed by atoms with Gasteiger partial charge in [-0.05, 0) is 87.9 Å². The largest absolute Gasteiger partial charge is 1.00 e. The molecule has 0 amide bonds. The fourth-order valence-corrected chi connectivity index (χ4v) is 7.34. The molecule has 4 heterocycles. The van der Waals surface area contributed by atoms with Crippen LogP contribution in [0.3, 0.4) is 0 Å². The summed E-state index contributed by atoms with van der Waals surface area (Å²) in [5, 5.41) is 9.58. The molecule has 5 aromatic rings. The van der Waals surface area contributed by atoms with Gasteiger partial charge in [0.15, 0.2) is 6.54 Å².